The Morgan fingerprint density at radius 1 is 0.778 bits per heavy atom. The Morgan fingerprint density at radius 2 is 1.33 bits per heavy atom. The van der Waals surface area contributed by atoms with E-state index in [0.717, 1.165) is 50.7 Å². The molecule has 0 aliphatic heterocycles. The lowest BCUT2D eigenvalue weighted by molar-refractivity contribution is -0.131. The lowest BCUT2D eigenvalue weighted by Gasteiger charge is -2.08. The number of hydrogen-bond acceptors (Lipinski definition) is 4. The van der Waals surface area contributed by atoms with E-state index >= 15 is 0 Å². The summed E-state index contributed by atoms with van der Waals surface area (Å²) in [5, 5.41) is 18.2. The summed E-state index contributed by atoms with van der Waals surface area (Å²) in [6, 6.07) is 0. The van der Waals surface area contributed by atoms with E-state index in [0.29, 0.717) is 6.42 Å². The Balaban J connectivity index is 3.86. The number of carbonyl (C=O) groups excluding carboxylic acids is 2. The standard InChI is InChI=1S/C22H32O5/c1-2-3-9-14-19(23)15-10-6-4-5-7-11-16-20(24)21(25)17-12-8-13-18-22(26)27/h4-5,11-13,16-19,23H,2-3,6-10,14-15H2,1H3,(H,26,27). The summed E-state index contributed by atoms with van der Waals surface area (Å²) in [5.41, 5.74) is 0. The maximum Gasteiger partial charge on any atom is 0.327 e. The maximum absolute atomic E-state index is 11.6. The van der Waals surface area contributed by atoms with Gasteiger partial charge in [0.05, 0.1) is 6.10 Å². The molecule has 0 bridgehead atoms. The summed E-state index contributed by atoms with van der Waals surface area (Å²) in [6.45, 7) is 2.15. The van der Waals surface area contributed by atoms with Gasteiger partial charge in [-0.2, -0.15) is 0 Å². The van der Waals surface area contributed by atoms with Gasteiger partial charge in [0.2, 0.25) is 11.6 Å². The Hall–Kier alpha value is -2.27. The highest BCUT2D eigenvalue weighted by molar-refractivity contribution is 6.45. The fourth-order valence-corrected chi connectivity index (χ4v) is 2.30. The van der Waals surface area contributed by atoms with E-state index in [1.165, 1.54) is 24.6 Å². The van der Waals surface area contributed by atoms with Gasteiger partial charge in [-0.3, -0.25) is 9.59 Å². The molecule has 1 atom stereocenters. The molecule has 0 rings (SSSR count). The zero-order valence-corrected chi connectivity index (χ0v) is 16.2. The number of allylic oxidation sites excluding steroid dienone is 7. The van der Waals surface area contributed by atoms with Gasteiger partial charge < -0.3 is 10.2 Å². The second kappa shape index (κ2) is 17.2. The number of carbonyl (C=O) groups is 3. The first kappa shape index (κ1) is 24.7. The molecule has 2 N–H and O–H groups in total. The average Bonchev–Trinajstić information content (AvgIpc) is 2.63. The third-order valence-corrected chi connectivity index (χ3v) is 3.80. The highest BCUT2D eigenvalue weighted by Gasteiger charge is 2.04. The molecule has 0 aliphatic rings. The maximum atomic E-state index is 11.6. The molecule has 0 saturated heterocycles. The number of aliphatic carboxylic acids is 1. The van der Waals surface area contributed by atoms with E-state index in [2.05, 4.69) is 6.92 Å². The van der Waals surface area contributed by atoms with Crippen LogP contribution in [0, 0.1) is 0 Å². The Bertz CT molecular complexity index is 555. The Morgan fingerprint density at radius 3 is 1.93 bits per heavy atom. The van der Waals surface area contributed by atoms with E-state index in [4.69, 9.17) is 5.11 Å². The second-order valence-electron chi connectivity index (χ2n) is 6.30. The normalized spacial score (nSPS) is 13.3. The molecule has 0 saturated carbocycles. The van der Waals surface area contributed by atoms with Gasteiger partial charge in [-0.1, -0.05) is 56.6 Å². The number of hydrogen-bond donors (Lipinski definition) is 2. The zero-order valence-electron chi connectivity index (χ0n) is 16.2. The molecule has 0 aliphatic carbocycles. The third kappa shape index (κ3) is 16.9. The van der Waals surface area contributed by atoms with Crippen molar-refractivity contribution in [2.24, 2.45) is 0 Å². The fourth-order valence-electron chi connectivity index (χ4n) is 2.30. The molecule has 0 aromatic rings. The minimum Gasteiger partial charge on any atom is -0.478 e. The predicted molar refractivity (Wildman–Crippen MR) is 107 cm³/mol. The van der Waals surface area contributed by atoms with Gasteiger partial charge in [-0.05, 0) is 50.7 Å². The van der Waals surface area contributed by atoms with E-state index < -0.39 is 17.5 Å². The van der Waals surface area contributed by atoms with E-state index in [1.807, 2.05) is 12.2 Å². The van der Waals surface area contributed by atoms with Crippen LogP contribution in [0.5, 0.6) is 0 Å². The summed E-state index contributed by atoms with van der Waals surface area (Å²) in [4.78, 5) is 33.4. The molecule has 0 aromatic carbocycles. The van der Waals surface area contributed by atoms with Gasteiger partial charge in [-0.15, -0.1) is 0 Å². The van der Waals surface area contributed by atoms with Crippen molar-refractivity contribution in [2.45, 2.75) is 70.8 Å². The number of aliphatic hydroxyl groups is 1. The molecule has 1 unspecified atom stereocenters. The van der Waals surface area contributed by atoms with Gasteiger partial charge in [0, 0.05) is 6.08 Å². The monoisotopic (exact) mass is 376 g/mol. The van der Waals surface area contributed by atoms with Crippen molar-refractivity contribution in [3.63, 3.8) is 0 Å². The van der Waals surface area contributed by atoms with Crippen molar-refractivity contribution in [3.05, 3.63) is 48.6 Å². The lowest BCUT2D eigenvalue weighted by Crippen LogP contribution is -2.06. The first-order valence-corrected chi connectivity index (χ1v) is 9.61. The highest BCUT2D eigenvalue weighted by Crippen LogP contribution is 2.10. The van der Waals surface area contributed by atoms with Crippen molar-refractivity contribution in [2.75, 3.05) is 0 Å². The largest absolute Gasteiger partial charge is 0.478 e. The summed E-state index contributed by atoms with van der Waals surface area (Å²) in [7, 11) is 0. The minimum atomic E-state index is -1.05. The van der Waals surface area contributed by atoms with Crippen molar-refractivity contribution in [1.82, 2.24) is 0 Å². The first-order valence-electron chi connectivity index (χ1n) is 9.61. The van der Waals surface area contributed by atoms with Crippen LogP contribution in [0.15, 0.2) is 48.6 Å². The number of carboxylic acid groups (broad SMARTS) is 1. The van der Waals surface area contributed by atoms with Crippen LogP contribution in [0.25, 0.3) is 0 Å². The van der Waals surface area contributed by atoms with Crippen LogP contribution in [0.1, 0.15) is 64.7 Å². The molecule has 5 nitrogen and oxygen atoms in total. The molecule has 150 valence electrons. The molecule has 27 heavy (non-hydrogen) atoms. The molecular formula is C22H32O5. The van der Waals surface area contributed by atoms with E-state index in [1.54, 1.807) is 6.08 Å². The molecule has 0 radical (unpaired) electrons. The van der Waals surface area contributed by atoms with Crippen LogP contribution in [-0.4, -0.2) is 33.9 Å². The van der Waals surface area contributed by atoms with Crippen molar-refractivity contribution < 1.29 is 24.6 Å². The molecule has 0 aromatic heterocycles. The lowest BCUT2D eigenvalue weighted by atomic mass is 10.1. The smallest absolute Gasteiger partial charge is 0.327 e. The quantitative estimate of drug-likeness (QED) is 0.181. The predicted octanol–water partition coefficient (Wildman–Crippen LogP) is 4.33. The van der Waals surface area contributed by atoms with Gasteiger partial charge in [0.25, 0.3) is 0 Å². The number of ketones is 2. The van der Waals surface area contributed by atoms with Crippen LogP contribution >= 0.6 is 0 Å². The highest BCUT2D eigenvalue weighted by atomic mass is 16.4. The van der Waals surface area contributed by atoms with Gasteiger partial charge in [-0.25, -0.2) is 4.79 Å². The van der Waals surface area contributed by atoms with Crippen LogP contribution in [0.3, 0.4) is 0 Å². The summed E-state index contributed by atoms with van der Waals surface area (Å²) in [6.07, 6.45) is 19.4. The number of rotatable bonds is 16. The summed E-state index contributed by atoms with van der Waals surface area (Å²) >= 11 is 0. The molecule has 0 spiro atoms. The van der Waals surface area contributed by atoms with Gasteiger partial charge >= 0.3 is 5.97 Å². The second-order valence-corrected chi connectivity index (χ2v) is 6.30. The van der Waals surface area contributed by atoms with Crippen LogP contribution in [0.4, 0.5) is 0 Å². The molecule has 5 heteroatoms. The van der Waals surface area contributed by atoms with E-state index in [-0.39, 0.29) is 12.5 Å². The first-order chi connectivity index (χ1) is 13.0. The number of unbranched alkanes of at least 4 members (excludes halogenated alkanes) is 3. The SMILES string of the molecule is CCCCCC(O)CCCC=CCC=CC(=O)C(=O)C=CCC=CC(=O)O. The van der Waals surface area contributed by atoms with Crippen molar-refractivity contribution in [3.8, 4) is 0 Å². The Labute approximate surface area is 162 Å². The van der Waals surface area contributed by atoms with Crippen LogP contribution in [-0.2, 0) is 14.4 Å². The molecular weight excluding hydrogens is 344 g/mol. The van der Waals surface area contributed by atoms with Gasteiger partial charge in [0.1, 0.15) is 0 Å². The fraction of sp³-hybridized carbons (Fsp3) is 0.500. The topological polar surface area (TPSA) is 91.7 Å². The zero-order chi connectivity index (χ0) is 20.3. The van der Waals surface area contributed by atoms with Crippen LogP contribution in [0.2, 0.25) is 0 Å². The average molecular weight is 376 g/mol. The van der Waals surface area contributed by atoms with Crippen molar-refractivity contribution >= 4 is 17.5 Å². The minimum absolute atomic E-state index is 0.207. The van der Waals surface area contributed by atoms with Crippen molar-refractivity contribution in [1.29, 1.82) is 0 Å². The summed E-state index contributed by atoms with van der Waals surface area (Å²) < 4.78 is 0. The molecule has 0 heterocycles. The number of carboxylic acids is 1. The van der Waals surface area contributed by atoms with Gasteiger partial charge in [0.15, 0.2) is 0 Å². The van der Waals surface area contributed by atoms with Crippen LogP contribution < -0.4 is 0 Å². The molecule has 0 amide bonds. The number of aliphatic hydroxyl groups excluding tert-OH is 1. The third-order valence-electron chi connectivity index (χ3n) is 3.80. The van der Waals surface area contributed by atoms with E-state index in [9.17, 15) is 19.5 Å². The Kier molecular flexibility index (Phi) is 15.7. The molecule has 0 fully saturated rings. The summed E-state index contributed by atoms with van der Waals surface area (Å²) in [5.74, 6) is -2.28.